The van der Waals surface area contributed by atoms with Crippen molar-refractivity contribution in [1.82, 2.24) is 16.2 Å². The molecule has 7 nitrogen and oxygen atoms in total. The van der Waals surface area contributed by atoms with E-state index in [0.29, 0.717) is 17.9 Å². The van der Waals surface area contributed by atoms with Crippen molar-refractivity contribution in [2.45, 2.75) is 31.6 Å². The van der Waals surface area contributed by atoms with Crippen molar-refractivity contribution in [2.24, 2.45) is 11.8 Å². The molecule has 7 heteroatoms. The van der Waals surface area contributed by atoms with E-state index in [1.165, 1.54) is 5.56 Å². The van der Waals surface area contributed by atoms with E-state index in [2.05, 4.69) is 40.4 Å². The van der Waals surface area contributed by atoms with Gasteiger partial charge in [-0.2, -0.15) is 0 Å². The molecule has 2 saturated heterocycles. The van der Waals surface area contributed by atoms with Gasteiger partial charge in [0.2, 0.25) is 0 Å². The Labute approximate surface area is 170 Å². The van der Waals surface area contributed by atoms with Crippen molar-refractivity contribution in [3.8, 4) is 11.5 Å². The normalized spacial score (nSPS) is 28.6. The number of hydrazine groups is 1. The summed E-state index contributed by atoms with van der Waals surface area (Å²) in [6, 6.07) is 13.6. The van der Waals surface area contributed by atoms with Gasteiger partial charge in [0.1, 0.15) is 11.5 Å². The first-order chi connectivity index (χ1) is 14.0. The second-order valence-corrected chi connectivity index (χ2v) is 7.74. The number of carboxylic acids is 1. The molecule has 0 bridgehead atoms. The third-order valence-corrected chi connectivity index (χ3v) is 6.07. The molecule has 0 aliphatic carbocycles. The lowest BCUT2D eigenvalue weighted by Gasteiger charge is -2.39. The Morgan fingerprint density at radius 2 is 1.83 bits per heavy atom. The molecule has 2 fully saturated rings. The molecule has 0 saturated carbocycles. The number of nitrogens with one attached hydrogen (secondary N) is 3. The van der Waals surface area contributed by atoms with E-state index in [1.54, 1.807) is 14.2 Å². The molecule has 5 atom stereocenters. The Hall–Kier alpha value is -2.61. The van der Waals surface area contributed by atoms with Gasteiger partial charge in [-0.05, 0) is 37.1 Å². The summed E-state index contributed by atoms with van der Waals surface area (Å²) in [5.74, 6) is 0.00793. The highest BCUT2D eigenvalue weighted by atomic mass is 16.5. The van der Waals surface area contributed by atoms with Gasteiger partial charge in [-0.3, -0.25) is 10.1 Å². The molecule has 5 unspecified atom stereocenters. The van der Waals surface area contributed by atoms with Crippen LogP contribution in [0.25, 0.3) is 0 Å². The van der Waals surface area contributed by atoms with E-state index in [0.717, 1.165) is 11.1 Å². The average Bonchev–Trinajstić information content (AvgIpc) is 3.17. The van der Waals surface area contributed by atoms with Gasteiger partial charge in [0.05, 0.1) is 32.3 Å². The fraction of sp³-hybridized carbons (Fsp3) is 0.409. The first-order valence-electron chi connectivity index (χ1n) is 9.80. The number of hydrogen-bond acceptors (Lipinski definition) is 6. The van der Waals surface area contributed by atoms with Gasteiger partial charge >= 0.3 is 5.97 Å². The molecule has 0 spiro atoms. The predicted octanol–water partition coefficient (Wildman–Crippen LogP) is 2.54. The molecule has 2 aliphatic rings. The van der Waals surface area contributed by atoms with E-state index in [4.69, 9.17) is 9.47 Å². The fourth-order valence-corrected chi connectivity index (χ4v) is 4.55. The minimum absolute atomic E-state index is 0.0812. The van der Waals surface area contributed by atoms with Crippen molar-refractivity contribution >= 4 is 5.97 Å². The van der Waals surface area contributed by atoms with Gasteiger partial charge in [0, 0.05) is 17.5 Å². The largest absolute Gasteiger partial charge is 0.497 e. The van der Waals surface area contributed by atoms with E-state index in [1.807, 2.05) is 25.1 Å². The second-order valence-electron chi connectivity index (χ2n) is 7.74. The topological polar surface area (TPSA) is 91.9 Å². The van der Waals surface area contributed by atoms with Crippen LogP contribution in [-0.2, 0) is 4.79 Å². The number of benzene rings is 2. The smallest absolute Gasteiger partial charge is 0.307 e. The number of aryl methyl sites for hydroxylation is 1. The zero-order valence-corrected chi connectivity index (χ0v) is 16.8. The number of methoxy groups -OCH3 is 2. The molecule has 154 valence electrons. The molecule has 4 N–H and O–H groups in total. The van der Waals surface area contributed by atoms with Crippen molar-refractivity contribution in [3.05, 3.63) is 59.2 Å². The molecule has 0 radical (unpaired) electrons. The number of ether oxygens (including phenoxy) is 2. The summed E-state index contributed by atoms with van der Waals surface area (Å²) in [6.45, 7) is 2.04. The van der Waals surface area contributed by atoms with E-state index in [-0.39, 0.29) is 24.2 Å². The highest BCUT2D eigenvalue weighted by Gasteiger charge is 2.49. The average molecular weight is 397 g/mol. The van der Waals surface area contributed by atoms with Crippen LogP contribution >= 0.6 is 0 Å². The lowest BCUT2D eigenvalue weighted by molar-refractivity contribution is -0.146. The number of hydrogen-bond donors (Lipinski definition) is 4. The molecule has 2 aromatic rings. The van der Waals surface area contributed by atoms with Crippen LogP contribution in [0.2, 0.25) is 0 Å². The van der Waals surface area contributed by atoms with Crippen molar-refractivity contribution in [1.29, 1.82) is 0 Å². The quantitative estimate of drug-likeness (QED) is 0.616. The zero-order chi connectivity index (χ0) is 20.5. The van der Waals surface area contributed by atoms with E-state index in [9.17, 15) is 9.90 Å². The maximum absolute atomic E-state index is 12.2. The Kier molecular flexibility index (Phi) is 5.45. The summed E-state index contributed by atoms with van der Waals surface area (Å²) in [7, 11) is 3.24. The van der Waals surface area contributed by atoms with Crippen LogP contribution in [0.15, 0.2) is 42.5 Å². The number of piperidine rings is 1. The summed E-state index contributed by atoms with van der Waals surface area (Å²) in [5.41, 5.74) is 9.75. The van der Waals surface area contributed by atoms with Crippen LogP contribution < -0.4 is 25.6 Å². The van der Waals surface area contributed by atoms with E-state index < -0.39 is 11.9 Å². The van der Waals surface area contributed by atoms with E-state index >= 15 is 0 Å². The summed E-state index contributed by atoms with van der Waals surface area (Å²) in [6.07, 6.45) is 0.281. The molecule has 2 aliphatic heterocycles. The summed E-state index contributed by atoms with van der Waals surface area (Å²) >= 11 is 0. The monoisotopic (exact) mass is 397 g/mol. The van der Waals surface area contributed by atoms with Crippen LogP contribution in [0.4, 0.5) is 0 Å². The highest BCUT2D eigenvalue weighted by molar-refractivity contribution is 5.71. The number of rotatable bonds is 5. The Bertz CT molecular complexity index is 886. The Morgan fingerprint density at radius 1 is 1.07 bits per heavy atom. The number of fused-ring (bicyclic) bond motifs is 1. The Balaban J connectivity index is 1.65. The summed E-state index contributed by atoms with van der Waals surface area (Å²) < 4.78 is 10.9. The summed E-state index contributed by atoms with van der Waals surface area (Å²) in [4.78, 5) is 12.2. The Morgan fingerprint density at radius 3 is 2.48 bits per heavy atom. The van der Waals surface area contributed by atoms with Gasteiger partial charge in [-0.1, -0.05) is 29.8 Å². The standard InChI is InChI=1S/C22H27N3O4/c1-12-4-6-13(7-5-12)20-19-16(22(26)27)11-17(23-21(19)25-24-20)15-10-14(28-2)8-9-18(15)29-3/h4-10,16-17,19-21,23-25H,11H2,1-3H3,(H,26,27). The molecule has 0 amide bonds. The van der Waals surface area contributed by atoms with Gasteiger partial charge in [-0.15, -0.1) is 0 Å². The van der Waals surface area contributed by atoms with Crippen LogP contribution in [0, 0.1) is 18.8 Å². The lowest BCUT2D eigenvalue weighted by atomic mass is 9.74. The first-order valence-corrected chi connectivity index (χ1v) is 9.80. The van der Waals surface area contributed by atoms with Crippen molar-refractivity contribution < 1.29 is 19.4 Å². The first kappa shape index (κ1) is 19.7. The number of carbonyl (C=O) groups is 1. The molecule has 29 heavy (non-hydrogen) atoms. The molecule has 2 aromatic carbocycles. The maximum Gasteiger partial charge on any atom is 0.307 e. The van der Waals surface area contributed by atoms with Crippen molar-refractivity contribution in [2.75, 3.05) is 14.2 Å². The lowest BCUT2D eigenvalue weighted by Crippen LogP contribution is -2.53. The van der Waals surface area contributed by atoms with Crippen LogP contribution in [0.3, 0.4) is 0 Å². The second kappa shape index (κ2) is 8.02. The molecular weight excluding hydrogens is 370 g/mol. The predicted molar refractivity (Wildman–Crippen MR) is 109 cm³/mol. The van der Waals surface area contributed by atoms with Gasteiger partial charge in [0.25, 0.3) is 0 Å². The zero-order valence-electron chi connectivity index (χ0n) is 16.8. The molecule has 4 rings (SSSR count). The number of carboxylic acid groups (broad SMARTS) is 1. The molecular formula is C22H27N3O4. The van der Waals surface area contributed by atoms with Crippen LogP contribution in [0.5, 0.6) is 11.5 Å². The minimum atomic E-state index is -0.782. The third-order valence-electron chi connectivity index (χ3n) is 6.07. The third kappa shape index (κ3) is 3.69. The highest BCUT2D eigenvalue weighted by Crippen LogP contribution is 2.44. The van der Waals surface area contributed by atoms with Crippen LogP contribution in [0.1, 0.15) is 35.2 Å². The van der Waals surface area contributed by atoms with Gasteiger partial charge < -0.3 is 14.6 Å². The maximum atomic E-state index is 12.2. The SMILES string of the molecule is COc1ccc(OC)c(C2CC(C(=O)O)C3C(NNC3c3ccc(C)cc3)N2)c1. The fourth-order valence-electron chi connectivity index (χ4n) is 4.55. The van der Waals surface area contributed by atoms with Gasteiger partial charge in [0.15, 0.2) is 0 Å². The number of aliphatic carboxylic acids is 1. The minimum Gasteiger partial charge on any atom is -0.497 e. The van der Waals surface area contributed by atoms with Crippen LogP contribution in [-0.4, -0.2) is 31.5 Å². The van der Waals surface area contributed by atoms with Gasteiger partial charge in [-0.25, -0.2) is 10.9 Å². The van der Waals surface area contributed by atoms with Crippen molar-refractivity contribution in [3.63, 3.8) is 0 Å². The molecule has 2 heterocycles. The molecule has 0 aromatic heterocycles. The summed E-state index contributed by atoms with van der Waals surface area (Å²) in [5, 5.41) is 13.6.